The molecule has 1 amide bonds. The Bertz CT molecular complexity index is 627. The summed E-state index contributed by atoms with van der Waals surface area (Å²) in [4.78, 5) is 34.6. The summed E-state index contributed by atoms with van der Waals surface area (Å²) in [5.41, 5.74) is -1.11. The van der Waals surface area contributed by atoms with E-state index in [-0.39, 0.29) is 13.0 Å². The van der Waals surface area contributed by atoms with Crippen LogP contribution in [0.1, 0.15) is 30.6 Å². The molecular weight excluding hydrogens is 331 g/mol. The van der Waals surface area contributed by atoms with Gasteiger partial charge in [-0.15, -0.1) is 0 Å². The molecule has 9 heteroatoms. The van der Waals surface area contributed by atoms with Crippen LogP contribution in [-0.4, -0.2) is 35.6 Å². The molecule has 2 atom stereocenters. The van der Waals surface area contributed by atoms with Crippen LogP contribution in [0.4, 0.5) is 13.2 Å². The fraction of sp³-hybridized carbons (Fsp3) is 0.400. The number of carboxylic acid groups (broad SMARTS) is 1. The van der Waals surface area contributed by atoms with E-state index in [1.165, 1.54) is 6.92 Å². The third-order valence-electron chi connectivity index (χ3n) is 3.12. The SMILES string of the molecule is CCOC(=O)[C@H](C)C[C@@H](NC(=O)c1c(F)cc(F)cc1F)C(=O)O. The van der Waals surface area contributed by atoms with Crippen LogP contribution in [0, 0.1) is 23.4 Å². The van der Waals surface area contributed by atoms with Crippen molar-refractivity contribution in [1.29, 1.82) is 0 Å². The van der Waals surface area contributed by atoms with Crippen LogP contribution in [0.15, 0.2) is 12.1 Å². The van der Waals surface area contributed by atoms with E-state index < -0.39 is 52.8 Å². The van der Waals surface area contributed by atoms with Gasteiger partial charge < -0.3 is 15.2 Å². The van der Waals surface area contributed by atoms with E-state index >= 15 is 0 Å². The number of esters is 1. The molecule has 0 saturated heterocycles. The predicted octanol–water partition coefficient (Wildman–Crippen LogP) is 1.88. The number of halogens is 3. The summed E-state index contributed by atoms with van der Waals surface area (Å²) in [6.45, 7) is 3.06. The normalized spacial score (nSPS) is 13.0. The average molecular weight is 347 g/mol. The summed E-state index contributed by atoms with van der Waals surface area (Å²) < 4.78 is 44.6. The smallest absolute Gasteiger partial charge is 0.326 e. The lowest BCUT2D eigenvalue weighted by Crippen LogP contribution is -2.43. The van der Waals surface area contributed by atoms with E-state index in [2.05, 4.69) is 0 Å². The van der Waals surface area contributed by atoms with Crippen molar-refractivity contribution in [2.24, 2.45) is 5.92 Å². The highest BCUT2D eigenvalue weighted by molar-refractivity contribution is 5.97. The van der Waals surface area contributed by atoms with Crippen LogP contribution in [0.3, 0.4) is 0 Å². The molecule has 1 aromatic carbocycles. The van der Waals surface area contributed by atoms with Gasteiger partial charge in [-0.3, -0.25) is 9.59 Å². The summed E-state index contributed by atoms with van der Waals surface area (Å²) in [6, 6.07) is -0.981. The molecule has 0 heterocycles. The van der Waals surface area contributed by atoms with Gasteiger partial charge in [0.25, 0.3) is 5.91 Å². The topological polar surface area (TPSA) is 92.7 Å². The van der Waals surface area contributed by atoms with Crippen molar-refractivity contribution in [2.45, 2.75) is 26.3 Å². The van der Waals surface area contributed by atoms with E-state index in [0.29, 0.717) is 12.1 Å². The maximum atomic E-state index is 13.5. The van der Waals surface area contributed by atoms with E-state index in [1.807, 2.05) is 5.32 Å². The van der Waals surface area contributed by atoms with Gasteiger partial charge >= 0.3 is 11.9 Å². The zero-order valence-corrected chi connectivity index (χ0v) is 12.9. The highest BCUT2D eigenvalue weighted by Gasteiger charge is 2.29. The largest absolute Gasteiger partial charge is 0.480 e. The number of ether oxygens (including phenoxy) is 1. The van der Waals surface area contributed by atoms with Crippen molar-refractivity contribution in [3.8, 4) is 0 Å². The summed E-state index contributed by atoms with van der Waals surface area (Å²) >= 11 is 0. The van der Waals surface area contributed by atoms with Crippen LogP contribution in [0.5, 0.6) is 0 Å². The Labute approximate surface area is 135 Å². The number of rotatable bonds is 7. The molecule has 132 valence electrons. The first-order valence-corrected chi connectivity index (χ1v) is 7.02. The van der Waals surface area contributed by atoms with Gasteiger partial charge in [0.05, 0.1) is 12.5 Å². The van der Waals surface area contributed by atoms with Gasteiger partial charge in [-0.05, 0) is 13.3 Å². The van der Waals surface area contributed by atoms with E-state index in [4.69, 9.17) is 9.84 Å². The van der Waals surface area contributed by atoms with Gasteiger partial charge in [-0.2, -0.15) is 0 Å². The van der Waals surface area contributed by atoms with Gasteiger partial charge in [0, 0.05) is 12.1 Å². The third-order valence-corrected chi connectivity index (χ3v) is 3.12. The van der Waals surface area contributed by atoms with Crippen molar-refractivity contribution < 1.29 is 37.4 Å². The second-order valence-corrected chi connectivity index (χ2v) is 5.00. The molecule has 0 radical (unpaired) electrons. The van der Waals surface area contributed by atoms with Crippen molar-refractivity contribution in [1.82, 2.24) is 5.32 Å². The minimum Gasteiger partial charge on any atom is -0.480 e. The van der Waals surface area contributed by atoms with Crippen molar-refractivity contribution >= 4 is 17.8 Å². The van der Waals surface area contributed by atoms with Gasteiger partial charge in [0.1, 0.15) is 29.1 Å². The van der Waals surface area contributed by atoms with Crippen LogP contribution in [-0.2, 0) is 14.3 Å². The summed E-state index contributed by atoms with van der Waals surface area (Å²) in [6.07, 6.45) is -0.343. The molecule has 0 saturated carbocycles. The Morgan fingerprint density at radius 3 is 2.21 bits per heavy atom. The number of carbonyl (C=O) groups is 3. The van der Waals surface area contributed by atoms with Gasteiger partial charge in [0.2, 0.25) is 0 Å². The van der Waals surface area contributed by atoms with Gasteiger partial charge in [-0.25, -0.2) is 18.0 Å². The molecule has 6 nitrogen and oxygen atoms in total. The lowest BCUT2D eigenvalue weighted by atomic mass is 10.0. The average Bonchev–Trinajstić information content (AvgIpc) is 2.45. The monoisotopic (exact) mass is 347 g/mol. The molecule has 0 bridgehead atoms. The Hall–Kier alpha value is -2.58. The zero-order valence-electron chi connectivity index (χ0n) is 12.9. The maximum absolute atomic E-state index is 13.5. The third kappa shape index (κ3) is 4.97. The molecule has 0 fully saturated rings. The lowest BCUT2D eigenvalue weighted by Gasteiger charge is -2.18. The van der Waals surface area contributed by atoms with Crippen LogP contribution >= 0.6 is 0 Å². The Morgan fingerprint density at radius 1 is 1.21 bits per heavy atom. The van der Waals surface area contributed by atoms with Gasteiger partial charge in [0.15, 0.2) is 0 Å². The standard InChI is InChI=1S/C15H16F3NO5/c1-3-24-15(23)7(2)4-11(14(21)22)19-13(20)12-9(17)5-8(16)6-10(12)18/h5-7,11H,3-4H2,1-2H3,(H,19,20)(H,21,22)/t7-,11-/m1/s1. The second kappa shape index (κ2) is 8.32. The number of hydrogen-bond acceptors (Lipinski definition) is 4. The van der Waals surface area contributed by atoms with Crippen molar-refractivity contribution in [3.05, 3.63) is 35.1 Å². The lowest BCUT2D eigenvalue weighted by molar-refractivity contribution is -0.148. The Kier molecular flexibility index (Phi) is 6.75. The molecule has 0 aliphatic heterocycles. The molecule has 0 spiro atoms. The summed E-state index contributed by atoms with van der Waals surface area (Å²) in [5.74, 6) is -8.55. The summed E-state index contributed by atoms with van der Waals surface area (Å²) in [7, 11) is 0. The van der Waals surface area contributed by atoms with E-state index in [9.17, 15) is 27.6 Å². The number of benzene rings is 1. The van der Waals surface area contributed by atoms with E-state index in [0.717, 1.165) is 0 Å². The Balaban J connectivity index is 2.92. The van der Waals surface area contributed by atoms with Crippen molar-refractivity contribution in [2.75, 3.05) is 6.61 Å². The molecule has 0 aliphatic rings. The highest BCUT2D eigenvalue weighted by atomic mass is 19.1. The fourth-order valence-corrected chi connectivity index (χ4v) is 1.95. The first-order valence-electron chi connectivity index (χ1n) is 7.02. The fourth-order valence-electron chi connectivity index (χ4n) is 1.95. The molecule has 0 aromatic heterocycles. The predicted molar refractivity (Wildman–Crippen MR) is 75.6 cm³/mol. The van der Waals surface area contributed by atoms with Gasteiger partial charge in [-0.1, -0.05) is 6.92 Å². The molecule has 2 N–H and O–H groups in total. The van der Waals surface area contributed by atoms with E-state index in [1.54, 1.807) is 6.92 Å². The number of carbonyl (C=O) groups excluding carboxylic acids is 2. The van der Waals surface area contributed by atoms with Crippen LogP contribution < -0.4 is 5.32 Å². The van der Waals surface area contributed by atoms with Crippen LogP contribution in [0.25, 0.3) is 0 Å². The Morgan fingerprint density at radius 2 is 1.75 bits per heavy atom. The molecular formula is C15H16F3NO5. The minimum absolute atomic E-state index is 0.0965. The molecule has 1 aromatic rings. The highest BCUT2D eigenvalue weighted by Crippen LogP contribution is 2.16. The minimum atomic E-state index is -1.58. The molecule has 24 heavy (non-hydrogen) atoms. The number of aliphatic carboxylic acids is 1. The maximum Gasteiger partial charge on any atom is 0.326 e. The second-order valence-electron chi connectivity index (χ2n) is 5.00. The summed E-state index contributed by atoms with van der Waals surface area (Å²) in [5, 5.41) is 11.0. The quantitative estimate of drug-likeness (QED) is 0.735. The number of amides is 1. The number of carboxylic acids is 1. The number of hydrogen-bond donors (Lipinski definition) is 2. The molecule has 0 aliphatic carbocycles. The zero-order chi connectivity index (χ0) is 18.4. The first-order chi connectivity index (χ1) is 11.2. The molecule has 0 unspecified atom stereocenters. The first kappa shape index (κ1) is 19.5. The van der Waals surface area contributed by atoms with Crippen LogP contribution in [0.2, 0.25) is 0 Å². The molecule has 1 rings (SSSR count). The number of nitrogens with one attached hydrogen (secondary N) is 1. The van der Waals surface area contributed by atoms with Crippen molar-refractivity contribution in [3.63, 3.8) is 0 Å².